The molecular formula is C15H24N2O. The highest BCUT2D eigenvalue weighted by molar-refractivity contribution is 5.12. The molecule has 2 aliphatic carbocycles. The molecule has 100 valence electrons. The average Bonchev–Trinajstić information content (AvgIpc) is 3.05. The first-order valence-electron chi connectivity index (χ1n) is 7.20. The van der Waals surface area contributed by atoms with Crippen molar-refractivity contribution in [1.82, 2.24) is 4.90 Å². The van der Waals surface area contributed by atoms with E-state index in [1.807, 2.05) is 12.3 Å². The Labute approximate surface area is 109 Å². The van der Waals surface area contributed by atoms with Crippen LogP contribution in [0.3, 0.4) is 0 Å². The van der Waals surface area contributed by atoms with E-state index in [4.69, 9.17) is 10.2 Å². The summed E-state index contributed by atoms with van der Waals surface area (Å²) in [6.45, 7) is 1.85. The van der Waals surface area contributed by atoms with Gasteiger partial charge in [-0.3, -0.25) is 4.90 Å². The first kappa shape index (κ1) is 12.2. The Balaban J connectivity index is 1.61. The molecule has 0 amide bonds. The molecule has 2 fully saturated rings. The van der Waals surface area contributed by atoms with E-state index in [1.54, 1.807) is 6.26 Å². The van der Waals surface area contributed by atoms with Gasteiger partial charge in [0.2, 0.25) is 0 Å². The topological polar surface area (TPSA) is 42.4 Å². The maximum Gasteiger partial charge on any atom is 0.0950 e. The molecular weight excluding hydrogens is 224 g/mol. The minimum absolute atomic E-state index is 0.308. The Morgan fingerprint density at radius 2 is 2.33 bits per heavy atom. The SMILES string of the molecule is CN(CC1CC2CCC1C2)C(CN)c1ccoc1. The van der Waals surface area contributed by atoms with E-state index in [0.29, 0.717) is 12.6 Å². The van der Waals surface area contributed by atoms with Gasteiger partial charge in [-0.15, -0.1) is 0 Å². The smallest absolute Gasteiger partial charge is 0.0950 e. The summed E-state index contributed by atoms with van der Waals surface area (Å²) in [5, 5.41) is 0. The predicted octanol–water partition coefficient (Wildman–Crippen LogP) is 2.65. The van der Waals surface area contributed by atoms with Gasteiger partial charge in [0, 0.05) is 24.7 Å². The van der Waals surface area contributed by atoms with Gasteiger partial charge in [-0.05, 0) is 50.1 Å². The lowest BCUT2D eigenvalue weighted by molar-refractivity contribution is 0.175. The van der Waals surface area contributed by atoms with Crippen molar-refractivity contribution in [2.45, 2.75) is 31.7 Å². The fourth-order valence-electron chi connectivity index (χ4n) is 4.13. The quantitative estimate of drug-likeness (QED) is 0.871. The Morgan fingerprint density at radius 1 is 1.44 bits per heavy atom. The highest BCUT2D eigenvalue weighted by Gasteiger charge is 2.40. The van der Waals surface area contributed by atoms with Crippen molar-refractivity contribution >= 4 is 0 Å². The summed E-state index contributed by atoms with van der Waals surface area (Å²) in [4.78, 5) is 2.43. The van der Waals surface area contributed by atoms with Crippen molar-refractivity contribution in [2.75, 3.05) is 20.1 Å². The zero-order valence-electron chi connectivity index (χ0n) is 11.2. The van der Waals surface area contributed by atoms with Crippen LogP contribution in [0.1, 0.15) is 37.3 Å². The van der Waals surface area contributed by atoms with E-state index in [-0.39, 0.29) is 0 Å². The van der Waals surface area contributed by atoms with Gasteiger partial charge in [0.05, 0.1) is 12.5 Å². The summed E-state index contributed by atoms with van der Waals surface area (Å²) < 4.78 is 5.18. The molecule has 0 aromatic carbocycles. The Bertz CT molecular complexity index is 376. The van der Waals surface area contributed by atoms with Gasteiger partial charge in [0.15, 0.2) is 0 Å². The molecule has 2 aliphatic rings. The van der Waals surface area contributed by atoms with Crippen LogP contribution in [0.15, 0.2) is 23.0 Å². The highest BCUT2D eigenvalue weighted by atomic mass is 16.3. The molecule has 0 radical (unpaired) electrons. The molecule has 2 saturated carbocycles. The third kappa shape index (κ3) is 2.21. The molecule has 0 spiro atoms. The second-order valence-electron chi connectivity index (χ2n) is 6.18. The van der Waals surface area contributed by atoms with Crippen molar-refractivity contribution in [2.24, 2.45) is 23.5 Å². The summed E-state index contributed by atoms with van der Waals surface area (Å²) in [5.41, 5.74) is 7.14. The van der Waals surface area contributed by atoms with Gasteiger partial charge in [-0.25, -0.2) is 0 Å². The first-order valence-corrected chi connectivity index (χ1v) is 7.20. The van der Waals surface area contributed by atoms with E-state index >= 15 is 0 Å². The van der Waals surface area contributed by atoms with Crippen molar-refractivity contribution < 1.29 is 4.42 Å². The summed E-state index contributed by atoms with van der Waals surface area (Å²) in [5.74, 6) is 2.91. The third-order valence-electron chi connectivity index (χ3n) is 5.09. The molecule has 1 heterocycles. The molecule has 0 aliphatic heterocycles. The Hall–Kier alpha value is -0.800. The Morgan fingerprint density at radius 3 is 2.89 bits per heavy atom. The van der Waals surface area contributed by atoms with Crippen LogP contribution in [-0.2, 0) is 0 Å². The van der Waals surface area contributed by atoms with Gasteiger partial charge >= 0.3 is 0 Å². The molecule has 4 atom stereocenters. The average molecular weight is 248 g/mol. The molecule has 3 rings (SSSR count). The number of nitrogens with two attached hydrogens (primary N) is 1. The van der Waals surface area contributed by atoms with E-state index in [9.17, 15) is 0 Å². The maximum absolute atomic E-state index is 5.93. The van der Waals surface area contributed by atoms with Crippen LogP contribution in [0.25, 0.3) is 0 Å². The van der Waals surface area contributed by atoms with Crippen molar-refractivity contribution in [3.05, 3.63) is 24.2 Å². The van der Waals surface area contributed by atoms with Crippen molar-refractivity contribution in [3.63, 3.8) is 0 Å². The van der Waals surface area contributed by atoms with Crippen LogP contribution in [0.5, 0.6) is 0 Å². The van der Waals surface area contributed by atoms with Gasteiger partial charge in [-0.2, -0.15) is 0 Å². The Kier molecular flexibility index (Phi) is 3.44. The summed E-state index contributed by atoms with van der Waals surface area (Å²) in [6.07, 6.45) is 9.43. The number of furan rings is 1. The van der Waals surface area contributed by atoms with Gasteiger partial charge in [0.1, 0.15) is 0 Å². The van der Waals surface area contributed by atoms with E-state index in [1.165, 1.54) is 37.8 Å². The number of fused-ring (bicyclic) bond motifs is 2. The van der Waals surface area contributed by atoms with Crippen LogP contribution in [-0.4, -0.2) is 25.0 Å². The molecule has 3 heteroatoms. The van der Waals surface area contributed by atoms with E-state index in [2.05, 4.69) is 11.9 Å². The van der Waals surface area contributed by atoms with Crippen LogP contribution >= 0.6 is 0 Å². The minimum Gasteiger partial charge on any atom is -0.472 e. The molecule has 1 aromatic rings. The molecule has 1 aromatic heterocycles. The largest absolute Gasteiger partial charge is 0.472 e. The van der Waals surface area contributed by atoms with Gasteiger partial charge in [-0.1, -0.05) is 6.42 Å². The second-order valence-corrected chi connectivity index (χ2v) is 6.18. The maximum atomic E-state index is 5.93. The van der Waals surface area contributed by atoms with Crippen LogP contribution in [0.2, 0.25) is 0 Å². The van der Waals surface area contributed by atoms with Crippen molar-refractivity contribution in [3.8, 4) is 0 Å². The lowest BCUT2D eigenvalue weighted by Gasteiger charge is -2.32. The standard InChI is InChI=1S/C15H24N2O/c1-17(15(8-16)13-4-5-18-10-13)9-14-7-11-2-3-12(14)6-11/h4-5,10-12,14-15H,2-3,6-9,16H2,1H3. The number of nitrogens with zero attached hydrogens (tertiary/aromatic N) is 1. The van der Waals surface area contributed by atoms with Crippen LogP contribution in [0, 0.1) is 17.8 Å². The molecule has 2 N–H and O–H groups in total. The predicted molar refractivity (Wildman–Crippen MR) is 72.1 cm³/mol. The summed E-state index contributed by atoms with van der Waals surface area (Å²) in [7, 11) is 2.20. The molecule has 2 bridgehead atoms. The monoisotopic (exact) mass is 248 g/mol. The second kappa shape index (κ2) is 5.06. The van der Waals surface area contributed by atoms with Crippen LogP contribution in [0.4, 0.5) is 0 Å². The van der Waals surface area contributed by atoms with Crippen molar-refractivity contribution in [1.29, 1.82) is 0 Å². The summed E-state index contributed by atoms with van der Waals surface area (Å²) >= 11 is 0. The number of likely N-dealkylation sites (N-methyl/N-ethyl adjacent to an activating group) is 1. The van der Waals surface area contributed by atoms with E-state index < -0.39 is 0 Å². The highest BCUT2D eigenvalue weighted by Crippen LogP contribution is 2.48. The van der Waals surface area contributed by atoms with Gasteiger partial charge in [0.25, 0.3) is 0 Å². The fraction of sp³-hybridized carbons (Fsp3) is 0.733. The zero-order chi connectivity index (χ0) is 12.5. The lowest BCUT2D eigenvalue weighted by atomic mass is 9.88. The molecule has 18 heavy (non-hydrogen) atoms. The zero-order valence-corrected chi connectivity index (χ0v) is 11.2. The number of rotatable bonds is 5. The normalized spacial score (nSPS) is 32.3. The molecule has 0 saturated heterocycles. The fourth-order valence-corrected chi connectivity index (χ4v) is 4.13. The van der Waals surface area contributed by atoms with E-state index in [0.717, 1.165) is 17.8 Å². The number of hydrogen-bond donors (Lipinski definition) is 1. The first-order chi connectivity index (χ1) is 8.78. The molecule has 3 nitrogen and oxygen atoms in total. The minimum atomic E-state index is 0.308. The number of hydrogen-bond acceptors (Lipinski definition) is 3. The van der Waals surface area contributed by atoms with Gasteiger partial charge < -0.3 is 10.2 Å². The third-order valence-corrected chi connectivity index (χ3v) is 5.09. The van der Waals surface area contributed by atoms with Crippen LogP contribution < -0.4 is 5.73 Å². The molecule has 4 unspecified atom stereocenters. The summed E-state index contributed by atoms with van der Waals surface area (Å²) in [6, 6.07) is 2.34. The lowest BCUT2D eigenvalue weighted by Crippen LogP contribution is -2.35.